The number of benzene rings is 1. The Kier molecular flexibility index (Phi) is 5.67. The number of anilines is 1. The van der Waals surface area contributed by atoms with E-state index in [1.807, 2.05) is 13.8 Å². The molecule has 1 aliphatic rings. The summed E-state index contributed by atoms with van der Waals surface area (Å²) in [6, 6.07) is 5.18. The maximum absolute atomic E-state index is 12.7. The summed E-state index contributed by atoms with van der Waals surface area (Å²) in [4.78, 5) is 26.0. The Balaban J connectivity index is 1.85. The van der Waals surface area contributed by atoms with Crippen LogP contribution in [0.4, 0.5) is 5.00 Å². The molecule has 0 radical (unpaired) electrons. The lowest BCUT2D eigenvalue weighted by Gasteiger charge is -2.12. The first kappa shape index (κ1) is 18.9. The number of halogens is 1. The predicted octanol–water partition coefficient (Wildman–Crippen LogP) is 4.83. The van der Waals surface area contributed by atoms with Gasteiger partial charge in [0, 0.05) is 10.4 Å². The third-order valence-electron chi connectivity index (χ3n) is 4.09. The number of rotatable bonds is 5. The van der Waals surface area contributed by atoms with Crippen LogP contribution < -0.4 is 10.1 Å². The number of esters is 1. The molecule has 2 aromatic rings. The molecule has 0 bridgehead atoms. The van der Waals surface area contributed by atoms with Crippen molar-refractivity contribution < 1.29 is 19.1 Å². The maximum Gasteiger partial charge on any atom is 0.341 e. The lowest BCUT2D eigenvalue weighted by Crippen LogP contribution is -2.15. The van der Waals surface area contributed by atoms with Crippen LogP contribution in [0, 0.1) is 0 Å². The minimum atomic E-state index is -0.401. The standard InChI is InChI=1S/C19H20BrNO4S/c1-10(2)25-14-8-7-11(9-13(14)20)17(22)21-18-16(19(23)24-3)12-5-4-6-15(12)26-18/h7-10H,4-6H2,1-3H3,(H,21,22). The van der Waals surface area contributed by atoms with Crippen molar-refractivity contribution in [1.29, 1.82) is 0 Å². The average molecular weight is 438 g/mol. The number of amides is 1. The van der Waals surface area contributed by atoms with E-state index in [-0.39, 0.29) is 12.0 Å². The van der Waals surface area contributed by atoms with Gasteiger partial charge < -0.3 is 14.8 Å². The first-order valence-electron chi connectivity index (χ1n) is 8.41. The van der Waals surface area contributed by atoms with E-state index in [0.29, 0.717) is 26.4 Å². The molecule has 0 saturated heterocycles. The molecule has 1 amide bonds. The number of ether oxygens (including phenoxy) is 2. The van der Waals surface area contributed by atoms with Crippen LogP contribution in [0.5, 0.6) is 5.75 Å². The summed E-state index contributed by atoms with van der Waals surface area (Å²) in [6.45, 7) is 3.88. The minimum absolute atomic E-state index is 0.0436. The summed E-state index contributed by atoms with van der Waals surface area (Å²) in [6.07, 6.45) is 2.86. The molecule has 1 aromatic heterocycles. The van der Waals surface area contributed by atoms with Gasteiger partial charge >= 0.3 is 5.97 Å². The maximum atomic E-state index is 12.7. The Bertz CT molecular complexity index is 859. The van der Waals surface area contributed by atoms with Crippen LogP contribution in [0.25, 0.3) is 0 Å². The van der Waals surface area contributed by atoms with Crippen LogP contribution in [-0.2, 0) is 17.6 Å². The molecule has 0 saturated carbocycles. The van der Waals surface area contributed by atoms with Gasteiger partial charge in [0.2, 0.25) is 0 Å². The quantitative estimate of drug-likeness (QED) is 0.680. The van der Waals surface area contributed by atoms with E-state index in [1.165, 1.54) is 18.4 Å². The highest BCUT2D eigenvalue weighted by molar-refractivity contribution is 9.10. The van der Waals surface area contributed by atoms with Crippen LogP contribution >= 0.6 is 27.3 Å². The van der Waals surface area contributed by atoms with E-state index < -0.39 is 5.97 Å². The van der Waals surface area contributed by atoms with Gasteiger partial charge in [0.1, 0.15) is 10.8 Å². The molecule has 5 nitrogen and oxygen atoms in total. The van der Waals surface area contributed by atoms with Gasteiger partial charge in [-0.1, -0.05) is 0 Å². The van der Waals surface area contributed by atoms with Gasteiger partial charge in [-0.25, -0.2) is 4.79 Å². The summed E-state index contributed by atoms with van der Waals surface area (Å²) in [5, 5.41) is 3.44. The largest absolute Gasteiger partial charge is 0.490 e. The summed E-state index contributed by atoms with van der Waals surface area (Å²) >= 11 is 4.90. The number of hydrogen-bond donors (Lipinski definition) is 1. The fourth-order valence-corrected chi connectivity index (χ4v) is 4.72. The number of aryl methyl sites for hydroxylation is 1. The van der Waals surface area contributed by atoms with Gasteiger partial charge in [-0.3, -0.25) is 4.79 Å². The van der Waals surface area contributed by atoms with Crippen molar-refractivity contribution in [3.63, 3.8) is 0 Å². The Hall–Kier alpha value is -1.86. The van der Waals surface area contributed by atoms with Gasteiger partial charge in [-0.15, -0.1) is 11.3 Å². The highest BCUT2D eigenvalue weighted by Gasteiger charge is 2.28. The molecule has 0 fully saturated rings. The van der Waals surface area contributed by atoms with Crippen LogP contribution in [-0.4, -0.2) is 25.1 Å². The van der Waals surface area contributed by atoms with Gasteiger partial charge in [0.25, 0.3) is 5.91 Å². The third-order valence-corrected chi connectivity index (χ3v) is 5.92. The summed E-state index contributed by atoms with van der Waals surface area (Å²) < 4.78 is 11.3. The zero-order valence-electron chi connectivity index (χ0n) is 14.8. The molecule has 0 atom stereocenters. The molecule has 26 heavy (non-hydrogen) atoms. The molecule has 3 rings (SSSR count). The first-order chi connectivity index (χ1) is 12.4. The Labute approximate surface area is 164 Å². The molecule has 1 heterocycles. The Morgan fingerprint density at radius 2 is 2.04 bits per heavy atom. The summed E-state index contributed by atoms with van der Waals surface area (Å²) in [5.41, 5.74) is 1.99. The van der Waals surface area contributed by atoms with E-state index in [2.05, 4.69) is 21.2 Å². The molecular weight excluding hydrogens is 418 g/mol. The summed E-state index contributed by atoms with van der Waals surface area (Å²) in [5.74, 6) is 0.00957. The highest BCUT2D eigenvalue weighted by Crippen LogP contribution is 2.39. The third kappa shape index (κ3) is 3.78. The first-order valence-corrected chi connectivity index (χ1v) is 10.0. The molecule has 0 spiro atoms. The van der Waals surface area contributed by atoms with Gasteiger partial charge in [-0.2, -0.15) is 0 Å². The van der Waals surface area contributed by atoms with Crippen molar-refractivity contribution in [3.05, 3.63) is 44.2 Å². The topological polar surface area (TPSA) is 64.6 Å². The van der Waals surface area contributed by atoms with Crippen molar-refractivity contribution in [2.75, 3.05) is 12.4 Å². The zero-order chi connectivity index (χ0) is 18.8. The summed E-state index contributed by atoms with van der Waals surface area (Å²) in [7, 11) is 1.36. The normalized spacial score (nSPS) is 12.8. The molecule has 1 aliphatic carbocycles. The number of thiophene rings is 1. The van der Waals surface area contributed by atoms with E-state index in [9.17, 15) is 9.59 Å². The fraction of sp³-hybridized carbons (Fsp3) is 0.368. The van der Waals surface area contributed by atoms with Crippen molar-refractivity contribution in [2.24, 2.45) is 0 Å². The molecule has 138 valence electrons. The second kappa shape index (κ2) is 7.80. The molecule has 1 aromatic carbocycles. The lowest BCUT2D eigenvalue weighted by atomic mass is 10.1. The fourth-order valence-electron chi connectivity index (χ4n) is 2.98. The number of nitrogens with one attached hydrogen (secondary N) is 1. The van der Waals surface area contributed by atoms with E-state index in [1.54, 1.807) is 18.2 Å². The molecule has 7 heteroatoms. The molecule has 0 aliphatic heterocycles. The van der Waals surface area contributed by atoms with E-state index in [4.69, 9.17) is 9.47 Å². The number of methoxy groups -OCH3 is 1. The Morgan fingerprint density at radius 1 is 1.27 bits per heavy atom. The van der Waals surface area contributed by atoms with Crippen molar-refractivity contribution in [2.45, 2.75) is 39.2 Å². The van der Waals surface area contributed by atoms with E-state index >= 15 is 0 Å². The lowest BCUT2D eigenvalue weighted by molar-refractivity contribution is 0.0601. The number of carbonyl (C=O) groups is 2. The molecule has 0 unspecified atom stereocenters. The van der Waals surface area contributed by atoms with Crippen LogP contribution in [0.2, 0.25) is 0 Å². The average Bonchev–Trinajstić information content (AvgIpc) is 3.16. The SMILES string of the molecule is COC(=O)c1c(NC(=O)c2ccc(OC(C)C)c(Br)c2)sc2c1CCC2. The van der Waals surface area contributed by atoms with Crippen molar-refractivity contribution in [3.8, 4) is 5.75 Å². The molecule has 1 N–H and O–H groups in total. The van der Waals surface area contributed by atoms with Crippen molar-refractivity contribution in [1.82, 2.24) is 0 Å². The minimum Gasteiger partial charge on any atom is -0.490 e. The second-order valence-corrected chi connectivity index (χ2v) is 8.28. The van der Waals surface area contributed by atoms with Crippen LogP contribution in [0.3, 0.4) is 0 Å². The monoisotopic (exact) mass is 437 g/mol. The zero-order valence-corrected chi connectivity index (χ0v) is 17.3. The van der Waals surface area contributed by atoms with Crippen LogP contribution in [0.1, 0.15) is 51.4 Å². The Morgan fingerprint density at radius 3 is 2.69 bits per heavy atom. The highest BCUT2D eigenvalue weighted by atomic mass is 79.9. The predicted molar refractivity (Wildman–Crippen MR) is 106 cm³/mol. The van der Waals surface area contributed by atoms with E-state index in [0.717, 1.165) is 29.7 Å². The van der Waals surface area contributed by atoms with Gasteiger partial charge in [0.05, 0.1) is 23.2 Å². The van der Waals surface area contributed by atoms with Gasteiger partial charge in [-0.05, 0) is 72.8 Å². The van der Waals surface area contributed by atoms with Crippen molar-refractivity contribution >= 4 is 44.1 Å². The van der Waals surface area contributed by atoms with Gasteiger partial charge in [0.15, 0.2) is 0 Å². The number of carbonyl (C=O) groups excluding carboxylic acids is 2. The smallest absolute Gasteiger partial charge is 0.341 e. The van der Waals surface area contributed by atoms with Crippen LogP contribution in [0.15, 0.2) is 22.7 Å². The molecular formula is C19H20BrNO4S. The number of fused-ring (bicyclic) bond motifs is 1. The second-order valence-electron chi connectivity index (χ2n) is 6.32. The number of hydrogen-bond acceptors (Lipinski definition) is 5.